The van der Waals surface area contributed by atoms with Gasteiger partial charge in [0.25, 0.3) is 0 Å². The van der Waals surface area contributed by atoms with E-state index in [0.29, 0.717) is 17.5 Å². The van der Waals surface area contributed by atoms with E-state index in [-0.39, 0.29) is 0 Å². The van der Waals surface area contributed by atoms with E-state index in [1.165, 1.54) is 43.8 Å². The molecule has 0 aliphatic rings. The second-order valence-electron chi connectivity index (χ2n) is 17.1. The molecule has 9 aromatic carbocycles. The monoisotopic (exact) mass is 868 g/mol. The number of benzene rings is 9. The van der Waals surface area contributed by atoms with Gasteiger partial charge in [0.15, 0.2) is 17.5 Å². The smallest absolute Gasteiger partial charge is 0.164 e. The van der Waals surface area contributed by atoms with Gasteiger partial charge in [-0.25, -0.2) is 15.0 Å². The molecule has 318 valence electrons. The summed E-state index contributed by atoms with van der Waals surface area (Å²) >= 11 is 0. The molecule has 6 nitrogen and oxygen atoms in total. The molecule has 4 aromatic heterocycles. The highest BCUT2D eigenvalue weighted by Gasteiger charge is 2.23. The molecule has 0 fully saturated rings. The van der Waals surface area contributed by atoms with Crippen molar-refractivity contribution in [3.05, 3.63) is 243 Å². The molecule has 0 N–H and O–H groups in total. The zero-order valence-electron chi connectivity index (χ0n) is 36.8. The van der Waals surface area contributed by atoms with Crippen LogP contribution in [0.2, 0.25) is 0 Å². The molecule has 0 bridgehead atoms. The van der Waals surface area contributed by atoms with Crippen LogP contribution >= 0.6 is 0 Å². The standard InChI is InChI=1S/C62H40N6/c1-5-17-41(18-6-1)45-30-33-56-52(37-45)48-25-13-15-27-54(48)67(56)58-39-47(62-65-60(43-21-9-3-10-22-43)64-61(66-62)44-23-11-4-12-24-44)29-32-50(58)51-35-36-63-40-59(51)68-55-28-16-14-26-49(55)53-38-46(31-34-57(53)68)42-19-7-2-8-20-42/h1-40H. The normalized spacial score (nSPS) is 11.5. The number of hydrogen-bond donors (Lipinski definition) is 0. The van der Waals surface area contributed by atoms with Gasteiger partial charge in [0, 0.05) is 55.6 Å². The third-order valence-corrected chi connectivity index (χ3v) is 13.1. The first-order valence-corrected chi connectivity index (χ1v) is 22.9. The van der Waals surface area contributed by atoms with Gasteiger partial charge in [0.1, 0.15) is 0 Å². The van der Waals surface area contributed by atoms with Crippen LogP contribution in [0.4, 0.5) is 0 Å². The summed E-state index contributed by atoms with van der Waals surface area (Å²) in [6.45, 7) is 0. The van der Waals surface area contributed by atoms with Crippen LogP contribution in [-0.2, 0) is 0 Å². The first kappa shape index (κ1) is 39.1. The maximum absolute atomic E-state index is 5.20. The summed E-state index contributed by atoms with van der Waals surface area (Å²) in [4.78, 5) is 20.3. The minimum Gasteiger partial charge on any atom is -0.309 e. The topological polar surface area (TPSA) is 61.4 Å². The summed E-state index contributed by atoms with van der Waals surface area (Å²) in [5.41, 5.74) is 15.9. The molecule has 0 unspecified atom stereocenters. The molecule has 13 rings (SSSR count). The maximum Gasteiger partial charge on any atom is 0.164 e. The summed E-state index contributed by atoms with van der Waals surface area (Å²) in [5.74, 6) is 1.82. The van der Waals surface area contributed by atoms with Crippen molar-refractivity contribution >= 4 is 43.6 Å². The van der Waals surface area contributed by atoms with Crippen LogP contribution in [0.3, 0.4) is 0 Å². The molecule has 0 saturated carbocycles. The van der Waals surface area contributed by atoms with E-state index in [4.69, 9.17) is 19.9 Å². The van der Waals surface area contributed by atoms with Gasteiger partial charge in [-0.05, 0) is 70.8 Å². The molecule has 0 aliphatic carbocycles. The van der Waals surface area contributed by atoms with Crippen molar-refractivity contribution in [2.75, 3.05) is 0 Å². The molecule has 4 heterocycles. The lowest BCUT2D eigenvalue weighted by atomic mass is 9.99. The fraction of sp³-hybridized carbons (Fsp3) is 0. The maximum atomic E-state index is 5.20. The van der Waals surface area contributed by atoms with E-state index in [1.54, 1.807) is 0 Å². The van der Waals surface area contributed by atoms with Crippen molar-refractivity contribution in [3.8, 4) is 78.9 Å². The molecule has 0 spiro atoms. The molecule has 0 atom stereocenters. The molecule has 0 saturated heterocycles. The summed E-state index contributed by atoms with van der Waals surface area (Å²) in [5, 5.41) is 4.70. The predicted octanol–water partition coefficient (Wildman–Crippen LogP) is 15.5. The van der Waals surface area contributed by atoms with Gasteiger partial charge in [0.05, 0.1) is 39.6 Å². The van der Waals surface area contributed by atoms with Gasteiger partial charge >= 0.3 is 0 Å². The summed E-state index contributed by atoms with van der Waals surface area (Å²) in [6, 6.07) is 81.3. The summed E-state index contributed by atoms with van der Waals surface area (Å²) in [7, 11) is 0. The average molecular weight is 869 g/mol. The number of hydrogen-bond acceptors (Lipinski definition) is 4. The Hall–Kier alpha value is -9.26. The fourth-order valence-electron chi connectivity index (χ4n) is 9.90. The van der Waals surface area contributed by atoms with Gasteiger partial charge in [0.2, 0.25) is 0 Å². The number of para-hydroxylation sites is 2. The molecule has 13 aromatic rings. The molecule has 0 radical (unpaired) electrons. The molecule has 6 heteroatoms. The zero-order chi connectivity index (χ0) is 45.0. The third kappa shape index (κ3) is 6.66. The Balaban J connectivity index is 1.08. The van der Waals surface area contributed by atoms with Gasteiger partial charge in [-0.3, -0.25) is 4.98 Å². The van der Waals surface area contributed by atoms with Crippen LogP contribution < -0.4 is 0 Å². The van der Waals surface area contributed by atoms with Crippen LogP contribution in [0.5, 0.6) is 0 Å². The van der Waals surface area contributed by atoms with Crippen molar-refractivity contribution in [2.24, 2.45) is 0 Å². The molecule has 0 amide bonds. The number of nitrogens with zero attached hydrogens (tertiary/aromatic N) is 6. The highest BCUT2D eigenvalue weighted by Crippen LogP contribution is 2.43. The van der Waals surface area contributed by atoms with Gasteiger partial charge < -0.3 is 9.13 Å². The zero-order valence-corrected chi connectivity index (χ0v) is 36.8. The summed E-state index contributed by atoms with van der Waals surface area (Å²) in [6.07, 6.45) is 3.91. The minimum atomic E-state index is 0.587. The quantitative estimate of drug-likeness (QED) is 0.153. The fourth-order valence-corrected chi connectivity index (χ4v) is 9.90. The Labute approximate surface area is 392 Å². The highest BCUT2D eigenvalue weighted by atomic mass is 15.0. The van der Waals surface area contributed by atoms with Crippen molar-refractivity contribution in [3.63, 3.8) is 0 Å². The Bertz CT molecular complexity index is 3950. The largest absolute Gasteiger partial charge is 0.309 e. The minimum absolute atomic E-state index is 0.587. The van der Waals surface area contributed by atoms with Crippen LogP contribution in [0.25, 0.3) is 123 Å². The van der Waals surface area contributed by atoms with E-state index in [1.807, 2.05) is 73.1 Å². The molecule has 68 heavy (non-hydrogen) atoms. The van der Waals surface area contributed by atoms with Crippen LogP contribution in [-0.4, -0.2) is 29.1 Å². The lowest BCUT2D eigenvalue weighted by Gasteiger charge is -2.19. The van der Waals surface area contributed by atoms with E-state index in [2.05, 4.69) is 179 Å². The number of fused-ring (bicyclic) bond motifs is 6. The average Bonchev–Trinajstić information content (AvgIpc) is 3.93. The van der Waals surface area contributed by atoms with Crippen molar-refractivity contribution in [1.82, 2.24) is 29.1 Å². The van der Waals surface area contributed by atoms with Gasteiger partial charge in [-0.15, -0.1) is 0 Å². The predicted molar refractivity (Wildman–Crippen MR) is 279 cm³/mol. The van der Waals surface area contributed by atoms with E-state index >= 15 is 0 Å². The second kappa shape index (κ2) is 16.3. The van der Waals surface area contributed by atoms with Crippen LogP contribution in [0.1, 0.15) is 0 Å². The lowest BCUT2D eigenvalue weighted by Crippen LogP contribution is -2.04. The lowest BCUT2D eigenvalue weighted by molar-refractivity contribution is 1.07. The second-order valence-corrected chi connectivity index (χ2v) is 17.1. The number of rotatable bonds is 8. The molecular weight excluding hydrogens is 829 g/mol. The van der Waals surface area contributed by atoms with Crippen LogP contribution in [0.15, 0.2) is 243 Å². The molecule has 0 aliphatic heterocycles. The Morgan fingerprint density at radius 1 is 0.265 bits per heavy atom. The number of pyridine rings is 1. The SMILES string of the molecule is c1ccc(-c2ccc3c(c2)c2ccccc2n3-c2cnccc2-c2ccc(-c3nc(-c4ccccc4)nc(-c4ccccc4)n3)cc2-n2c3ccccc3c3cc(-c4ccccc4)ccc32)cc1. The van der Waals surface area contributed by atoms with Crippen molar-refractivity contribution in [1.29, 1.82) is 0 Å². The Morgan fingerprint density at radius 2 is 0.662 bits per heavy atom. The Kier molecular flexibility index (Phi) is 9.39. The van der Waals surface area contributed by atoms with E-state index in [9.17, 15) is 0 Å². The van der Waals surface area contributed by atoms with E-state index < -0.39 is 0 Å². The van der Waals surface area contributed by atoms with Crippen molar-refractivity contribution in [2.45, 2.75) is 0 Å². The highest BCUT2D eigenvalue weighted by molar-refractivity contribution is 6.13. The van der Waals surface area contributed by atoms with Crippen molar-refractivity contribution < 1.29 is 0 Å². The van der Waals surface area contributed by atoms with E-state index in [0.717, 1.165) is 61.3 Å². The summed E-state index contributed by atoms with van der Waals surface area (Å²) < 4.78 is 4.79. The van der Waals surface area contributed by atoms with Gasteiger partial charge in [-0.1, -0.05) is 182 Å². The first-order valence-electron chi connectivity index (χ1n) is 22.9. The number of aromatic nitrogens is 6. The first-order chi connectivity index (χ1) is 33.7. The van der Waals surface area contributed by atoms with Crippen LogP contribution in [0, 0.1) is 0 Å². The van der Waals surface area contributed by atoms with Gasteiger partial charge in [-0.2, -0.15) is 0 Å². The Morgan fingerprint density at radius 3 is 1.18 bits per heavy atom. The molecular formula is C62H40N6. The third-order valence-electron chi connectivity index (χ3n) is 13.1.